The van der Waals surface area contributed by atoms with Gasteiger partial charge in [0.25, 0.3) is 0 Å². The quantitative estimate of drug-likeness (QED) is 0.676. The van der Waals surface area contributed by atoms with Crippen LogP contribution in [0.3, 0.4) is 0 Å². The van der Waals surface area contributed by atoms with Crippen LogP contribution in [-0.4, -0.2) is 6.67 Å². The average Bonchev–Trinajstić information content (AvgIpc) is 2.78. The number of halogens is 1. The summed E-state index contributed by atoms with van der Waals surface area (Å²) in [4.78, 5) is 0. The number of nitrogens with two attached hydrogens (primary N) is 1. The van der Waals surface area contributed by atoms with E-state index < -0.39 is 0 Å². The highest BCUT2D eigenvalue weighted by atomic mass is 19.1. The maximum absolute atomic E-state index is 12.8. The van der Waals surface area contributed by atoms with Crippen molar-refractivity contribution in [3.8, 4) is 11.1 Å². The van der Waals surface area contributed by atoms with Gasteiger partial charge in [0.1, 0.15) is 0 Å². The summed E-state index contributed by atoms with van der Waals surface area (Å²) >= 11 is 0. The standard InChI is InChI=1S/C16H16FN/c1-10(9-17)12-6-7-14-13-5-3-2-4-11(13)8-15(14)16(12)18/h2-7,10H,8-9,18H2,1H3. The van der Waals surface area contributed by atoms with Gasteiger partial charge in [-0.25, -0.2) is 0 Å². The second-order valence-electron chi connectivity index (χ2n) is 4.98. The Morgan fingerprint density at radius 1 is 1.17 bits per heavy atom. The molecule has 1 aliphatic rings. The van der Waals surface area contributed by atoms with E-state index in [1.165, 1.54) is 16.7 Å². The van der Waals surface area contributed by atoms with Crippen LogP contribution in [0.2, 0.25) is 0 Å². The molecule has 2 aromatic rings. The molecular formula is C16H16FN. The van der Waals surface area contributed by atoms with Gasteiger partial charge in [-0.1, -0.05) is 43.3 Å². The van der Waals surface area contributed by atoms with Crippen molar-refractivity contribution in [1.82, 2.24) is 0 Å². The molecule has 1 unspecified atom stereocenters. The van der Waals surface area contributed by atoms with Crippen molar-refractivity contribution in [3.05, 3.63) is 53.1 Å². The van der Waals surface area contributed by atoms with E-state index in [1.54, 1.807) is 0 Å². The predicted molar refractivity (Wildman–Crippen MR) is 73.5 cm³/mol. The third-order valence-corrected chi connectivity index (χ3v) is 3.83. The normalized spacial score (nSPS) is 14.1. The SMILES string of the molecule is CC(CF)c1ccc2c(c1N)Cc1ccccc1-2. The highest BCUT2D eigenvalue weighted by Gasteiger charge is 2.22. The van der Waals surface area contributed by atoms with Crippen molar-refractivity contribution in [2.45, 2.75) is 19.3 Å². The van der Waals surface area contributed by atoms with Crippen LogP contribution in [0.15, 0.2) is 36.4 Å². The van der Waals surface area contributed by atoms with Gasteiger partial charge in [-0.3, -0.25) is 4.39 Å². The lowest BCUT2D eigenvalue weighted by atomic mass is 9.94. The summed E-state index contributed by atoms with van der Waals surface area (Å²) in [6.07, 6.45) is 0.865. The summed E-state index contributed by atoms with van der Waals surface area (Å²) in [7, 11) is 0. The van der Waals surface area contributed by atoms with Crippen LogP contribution in [0, 0.1) is 0 Å². The Labute approximate surface area is 106 Å². The maximum Gasteiger partial charge on any atom is 0.0961 e. The smallest absolute Gasteiger partial charge is 0.0961 e. The number of rotatable bonds is 2. The van der Waals surface area contributed by atoms with Crippen LogP contribution in [-0.2, 0) is 6.42 Å². The van der Waals surface area contributed by atoms with Crippen molar-refractivity contribution in [2.75, 3.05) is 12.4 Å². The maximum atomic E-state index is 12.8. The molecule has 0 amide bonds. The number of hydrogen-bond acceptors (Lipinski definition) is 1. The number of benzene rings is 2. The molecule has 0 saturated carbocycles. The highest BCUT2D eigenvalue weighted by molar-refractivity contribution is 5.82. The Balaban J connectivity index is 2.15. The molecule has 92 valence electrons. The molecule has 2 N–H and O–H groups in total. The molecule has 3 rings (SSSR count). The van der Waals surface area contributed by atoms with Crippen LogP contribution in [0.4, 0.5) is 10.1 Å². The van der Waals surface area contributed by atoms with Gasteiger partial charge in [0.05, 0.1) is 6.67 Å². The number of fused-ring (bicyclic) bond motifs is 3. The highest BCUT2D eigenvalue weighted by Crippen LogP contribution is 2.41. The summed E-state index contributed by atoms with van der Waals surface area (Å²) < 4.78 is 12.8. The zero-order valence-electron chi connectivity index (χ0n) is 10.4. The molecule has 2 heteroatoms. The van der Waals surface area contributed by atoms with Gasteiger partial charge in [0, 0.05) is 18.0 Å². The van der Waals surface area contributed by atoms with E-state index in [0.29, 0.717) is 0 Å². The third kappa shape index (κ3) is 1.52. The largest absolute Gasteiger partial charge is 0.398 e. The summed E-state index contributed by atoms with van der Waals surface area (Å²) in [6.45, 7) is 1.51. The molecule has 0 aromatic heterocycles. The summed E-state index contributed by atoms with van der Waals surface area (Å²) in [6, 6.07) is 12.4. The van der Waals surface area contributed by atoms with Crippen molar-refractivity contribution < 1.29 is 4.39 Å². The Morgan fingerprint density at radius 2 is 1.94 bits per heavy atom. The van der Waals surface area contributed by atoms with Crippen molar-refractivity contribution in [1.29, 1.82) is 0 Å². The van der Waals surface area contributed by atoms with E-state index in [4.69, 9.17) is 5.73 Å². The number of anilines is 1. The van der Waals surface area contributed by atoms with Crippen LogP contribution in [0.1, 0.15) is 29.5 Å². The van der Waals surface area contributed by atoms with E-state index in [1.807, 2.05) is 25.1 Å². The topological polar surface area (TPSA) is 26.0 Å². The molecule has 0 radical (unpaired) electrons. The van der Waals surface area contributed by atoms with Crippen LogP contribution in [0.25, 0.3) is 11.1 Å². The Morgan fingerprint density at radius 3 is 2.72 bits per heavy atom. The molecule has 1 nitrogen and oxygen atoms in total. The van der Waals surface area contributed by atoms with E-state index in [0.717, 1.165) is 23.2 Å². The minimum absolute atomic E-state index is 0.126. The summed E-state index contributed by atoms with van der Waals surface area (Å²) in [5.74, 6) is -0.126. The molecule has 18 heavy (non-hydrogen) atoms. The first kappa shape index (κ1) is 11.3. The molecule has 0 bridgehead atoms. The van der Waals surface area contributed by atoms with Crippen LogP contribution >= 0.6 is 0 Å². The Bertz CT molecular complexity index is 604. The van der Waals surface area contributed by atoms with Crippen LogP contribution < -0.4 is 5.73 Å². The van der Waals surface area contributed by atoms with E-state index in [2.05, 4.69) is 18.2 Å². The van der Waals surface area contributed by atoms with Gasteiger partial charge in [-0.15, -0.1) is 0 Å². The molecule has 1 atom stereocenters. The van der Waals surface area contributed by atoms with Gasteiger partial charge in [0.2, 0.25) is 0 Å². The molecule has 1 aliphatic carbocycles. The molecule has 2 aromatic carbocycles. The van der Waals surface area contributed by atoms with Gasteiger partial charge in [-0.2, -0.15) is 0 Å². The van der Waals surface area contributed by atoms with Gasteiger partial charge in [0.15, 0.2) is 0 Å². The zero-order chi connectivity index (χ0) is 12.7. The zero-order valence-corrected chi connectivity index (χ0v) is 10.4. The van der Waals surface area contributed by atoms with Crippen molar-refractivity contribution >= 4 is 5.69 Å². The summed E-state index contributed by atoms with van der Waals surface area (Å²) in [5.41, 5.74) is 12.9. The first-order valence-corrected chi connectivity index (χ1v) is 6.28. The van der Waals surface area contributed by atoms with E-state index >= 15 is 0 Å². The summed E-state index contributed by atoms with van der Waals surface area (Å²) in [5, 5.41) is 0. The van der Waals surface area contributed by atoms with Gasteiger partial charge in [-0.05, 0) is 27.8 Å². The van der Waals surface area contributed by atoms with Crippen LogP contribution in [0.5, 0.6) is 0 Å². The lowest BCUT2D eigenvalue weighted by molar-refractivity contribution is 0.447. The fraction of sp³-hybridized carbons (Fsp3) is 0.250. The third-order valence-electron chi connectivity index (χ3n) is 3.83. The first-order valence-electron chi connectivity index (χ1n) is 6.28. The fourth-order valence-electron chi connectivity index (χ4n) is 2.77. The lowest BCUT2D eigenvalue weighted by Crippen LogP contribution is -2.04. The molecule has 0 aliphatic heterocycles. The molecule has 0 spiro atoms. The fourth-order valence-corrected chi connectivity index (χ4v) is 2.77. The minimum Gasteiger partial charge on any atom is -0.398 e. The Kier molecular flexibility index (Phi) is 2.58. The molecule has 0 saturated heterocycles. The lowest BCUT2D eigenvalue weighted by Gasteiger charge is -2.14. The number of nitrogen functional groups attached to an aromatic ring is 1. The Hall–Kier alpha value is -1.83. The van der Waals surface area contributed by atoms with Gasteiger partial charge < -0.3 is 5.73 Å². The van der Waals surface area contributed by atoms with E-state index in [9.17, 15) is 4.39 Å². The second kappa shape index (κ2) is 4.13. The predicted octanol–water partition coefficient (Wildman–Crippen LogP) is 3.91. The van der Waals surface area contributed by atoms with Crippen molar-refractivity contribution in [2.24, 2.45) is 0 Å². The molecule has 0 heterocycles. The second-order valence-corrected chi connectivity index (χ2v) is 4.98. The van der Waals surface area contributed by atoms with Gasteiger partial charge >= 0.3 is 0 Å². The average molecular weight is 241 g/mol. The molecular weight excluding hydrogens is 225 g/mol. The van der Waals surface area contributed by atoms with Crippen molar-refractivity contribution in [3.63, 3.8) is 0 Å². The molecule has 0 fully saturated rings. The first-order chi connectivity index (χ1) is 8.72. The van der Waals surface area contributed by atoms with E-state index in [-0.39, 0.29) is 12.6 Å². The number of alkyl halides is 1. The monoisotopic (exact) mass is 241 g/mol. The number of hydrogen-bond donors (Lipinski definition) is 1. The minimum atomic E-state index is -0.365.